The van der Waals surface area contributed by atoms with Gasteiger partial charge in [-0.2, -0.15) is 0 Å². The van der Waals surface area contributed by atoms with Gasteiger partial charge in [-0.05, 0) is 86.5 Å². The molecular weight excluding hydrogens is 1010 g/mol. The van der Waals surface area contributed by atoms with Gasteiger partial charge in [-0.1, -0.05) is 138 Å². The third-order valence-electron chi connectivity index (χ3n) is 11.9. The largest absolute Gasteiger partial charge is 0.504 e. The van der Waals surface area contributed by atoms with Gasteiger partial charge in [-0.15, -0.1) is 0 Å². The fraction of sp³-hybridized carbons (Fsp3) is 0.421. The van der Waals surface area contributed by atoms with E-state index < -0.39 is 6.72 Å². The monoisotopic (exact) mass is 1090 g/mol. The number of rotatable bonds is 27. The molecule has 0 spiro atoms. The van der Waals surface area contributed by atoms with Crippen LogP contribution in [0.1, 0.15) is 120 Å². The number of benzene rings is 4. The number of phenols is 1. The van der Waals surface area contributed by atoms with Crippen molar-refractivity contribution in [1.82, 2.24) is 15.6 Å². The van der Waals surface area contributed by atoms with E-state index in [0.717, 1.165) is 73.7 Å². The zero-order valence-corrected chi connectivity index (χ0v) is 46.5. The number of ether oxygens (including phenoxy) is 1. The Kier molecular flexibility index (Phi) is 30.5. The predicted molar refractivity (Wildman–Crippen MR) is 310 cm³/mol. The quantitative estimate of drug-likeness (QED) is 0.0103. The highest BCUT2D eigenvalue weighted by Gasteiger charge is 2.23. The Morgan fingerprint density at radius 3 is 2.14 bits per heavy atom. The number of nitrogens with zero attached hydrogens (tertiary/aromatic N) is 2. The first-order chi connectivity index (χ1) is 36.7. The van der Waals surface area contributed by atoms with Crippen LogP contribution >= 0.6 is 6.72 Å². The molecule has 6 rings (SSSR count). The number of anilines is 1. The van der Waals surface area contributed by atoms with Crippen LogP contribution in [0, 0.1) is 0 Å². The Morgan fingerprint density at radius 2 is 1.45 bits per heavy atom. The van der Waals surface area contributed by atoms with E-state index >= 15 is 0 Å². The highest BCUT2D eigenvalue weighted by molar-refractivity contribution is 8.06. The van der Waals surface area contributed by atoms with Crippen LogP contribution in [-0.2, 0) is 32.5 Å². The summed E-state index contributed by atoms with van der Waals surface area (Å²) in [6.45, 7) is 3.34. The molecule has 1 aromatic heterocycles. The number of carbonyl (C=O) groups is 2. The molecule has 0 bridgehead atoms. The van der Waals surface area contributed by atoms with E-state index in [1.807, 2.05) is 106 Å². The fourth-order valence-electron chi connectivity index (χ4n) is 8.13. The molecule has 17 nitrogen and oxygen atoms in total. The number of amides is 2. The van der Waals surface area contributed by atoms with Crippen molar-refractivity contribution in [3.63, 3.8) is 0 Å². The van der Waals surface area contributed by atoms with Gasteiger partial charge in [0.05, 0.1) is 29.9 Å². The minimum absolute atomic E-state index is 0.0206. The van der Waals surface area contributed by atoms with Crippen molar-refractivity contribution in [1.29, 1.82) is 0 Å². The fourth-order valence-corrected chi connectivity index (χ4v) is 8.72. The molecular formula is C57H82N7O10PS. The zero-order valence-electron chi connectivity index (χ0n) is 44.8. The Bertz CT molecular complexity index is 2680. The molecule has 1 aliphatic rings. The second-order valence-corrected chi connectivity index (χ2v) is 20.3. The second kappa shape index (κ2) is 36.0. The highest BCUT2D eigenvalue weighted by atomic mass is 32.5. The maximum Gasteiger partial charge on any atom is 0.321 e. The first-order valence-corrected chi connectivity index (χ1v) is 28.8. The second-order valence-electron chi connectivity index (χ2n) is 17.7. The predicted octanol–water partition coefficient (Wildman–Crippen LogP) is 9.17. The lowest BCUT2D eigenvalue weighted by atomic mass is 9.98. The Balaban J connectivity index is 0.000000376. The third kappa shape index (κ3) is 23.0. The Hall–Kier alpha value is -6.08. The minimum Gasteiger partial charge on any atom is -0.504 e. The Labute approximate surface area is 454 Å². The number of phenolic OH excluding ortho intramolecular Hbond substituents is 1. The van der Waals surface area contributed by atoms with Crippen LogP contribution in [0.2, 0.25) is 0 Å². The van der Waals surface area contributed by atoms with Crippen molar-refractivity contribution in [2.24, 2.45) is 17.3 Å². The number of aliphatic hydroxyl groups is 1. The van der Waals surface area contributed by atoms with Crippen LogP contribution in [0.15, 0.2) is 118 Å². The molecule has 76 heavy (non-hydrogen) atoms. The molecule has 19 heteroatoms. The van der Waals surface area contributed by atoms with Crippen LogP contribution in [-0.4, -0.2) is 83.8 Å². The number of carbonyl (C=O) groups excluding carboxylic acids is 2. The molecule has 0 atom stereocenters. The molecule has 4 aromatic carbocycles. The van der Waals surface area contributed by atoms with Gasteiger partial charge in [0.1, 0.15) is 12.4 Å². The van der Waals surface area contributed by atoms with Crippen molar-refractivity contribution in [3.05, 3.63) is 136 Å². The van der Waals surface area contributed by atoms with Gasteiger partial charge in [0.2, 0.25) is 17.6 Å². The summed E-state index contributed by atoms with van der Waals surface area (Å²) in [5, 5.41) is 25.3. The van der Waals surface area contributed by atoms with E-state index in [4.69, 9.17) is 45.9 Å². The standard InChI is InChI=1S/C29H40N4O4.C25H32N3O5PS.C2H6.CH4O/c1-32-17-11-6-4-2-3-5-7-12-18-33(31)20-23(30)21-36-29-25(34)16-15-24-26(35)19-27(37-28(24)29)22-13-9-8-10-14-22;26-22-17-19-9-3-4-10-20(19)18-28(23-12-6-5-11-21(22)23)25(30)14-13-24(29)27-15-7-1-2-8-16-33-34(31,32)35;2*1-2/h8-10,13-16,19-20,32,34H,2-7,11-12,17-18,21,30-31H2,1H3;3-6,9-12,17H,1-2,7-8,13-16,18,26H2,(H,27,29)(H2,31,32,35);1-2H3;2H,1H3/b23-20-;22-17+;;. The van der Waals surface area contributed by atoms with Crippen LogP contribution in [0.3, 0.4) is 0 Å². The molecule has 416 valence electrons. The molecule has 5 aromatic rings. The summed E-state index contributed by atoms with van der Waals surface area (Å²) in [6, 6.07) is 29.0. The lowest BCUT2D eigenvalue weighted by molar-refractivity contribution is -0.125. The number of hydrazine groups is 1. The number of unbranched alkanes of at least 4 members (excludes halogenated alkanes) is 10. The molecule has 2 heterocycles. The van der Waals surface area contributed by atoms with Crippen molar-refractivity contribution in [2.75, 3.05) is 51.9 Å². The lowest BCUT2D eigenvalue weighted by Crippen LogP contribution is -2.33. The van der Waals surface area contributed by atoms with Crippen molar-refractivity contribution in [3.8, 4) is 22.8 Å². The van der Waals surface area contributed by atoms with Gasteiger partial charge in [0.15, 0.2) is 16.8 Å². The number of hydrogen-bond acceptors (Lipinski definition) is 14. The molecule has 12 N–H and O–H groups in total. The van der Waals surface area contributed by atoms with E-state index in [9.17, 15) is 19.5 Å². The van der Waals surface area contributed by atoms with Crippen LogP contribution in [0.5, 0.6) is 11.5 Å². The summed E-state index contributed by atoms with van der Waals surface area (Å²) in [5.74, 6) is 6.10. The van der Waals surface area contributed by atoms with E-state index in [1.54, 1.807) is 16.1 Å². The average molecular weight is 1090 g/mol. The molecule has 0 unspecified atom stereocenters. The van der Waals surface area contributed by atoms with Gasteiger partial charge < -0.3 is 65.7 Å². The molecule has 0 saturated heterocycles. The third-order valence-corrected chi connectivity index (χ3v) is 12.8. The van der Waals surface area contributed by atoms with E-state index in [0.29, 0.717) is 48.6 Å². The zero-order chi connectivity index (χ0) is 55.7. The Morgan fingerprint density at radius 1 is 0.829 bits per heavy atom. The van der Waals surface area contributed by atoms with Crippen LogP contribution < -0.4 is 43.0 Å². The van der Waals surface area contributed by atoms with Crippen molar-refractivity contribution < 1.29 is 43.3 Å². The van der Waals surface area contributed by atoms with Gasteiger partial charge in [-0.3, -0.25) is 14.4 Å². The molecule has 0 saturated carbocycles. The van der Waals surface area contributed by atoms with Crippen LogP contribution in [0.25, 0.3) is 34.1 Å². The van der Waals surface area contributed by atoms with Crippen molar-refractivity contribution >= 4 is 58.8 Å². The summed E-state index contributed by atoms with van der Waals surface area (Å²) in [7, 11) is 2.99. The molecule has 0 radical (unpaired) electrons. The highest BCUT2D eigenvalue weighted by Crippen LogP contribution is 2.37. The number of aromatic hydroxyl groups is 1. The number of hydrogen-bond donors (Lipinski definition) is 9. The smallest absolute Gasteiger partial charge is 0.321 e. The molecule has 0 aliphatic carbocycles. The first-order valence-electron chi connectivity index (χ1n) is 26.2. The van der Waals surface area contributed by atoms with Gasteiger partial charge in [0.25, 0.3) is 0 Å². The topological polar surface area (TPSA) is 272 Å². The lowest BCUT2D eigenvalue weighted by Gasteiger charge is -2.28. The summed E-state index contributed by atoms with van der Waals surface area (Å²) >= 11 is 4.39. The summed E-state index contributed by atoms with van der Waals surface area (Å²) < 4.78 is 16.6. The average Bonchev–Trinajstić information content (AvgIpc) is 3.41. The summed E-state index contributed by atoms with van der Waals surface area (Å²) in [6.07, 6.45) is 16.6. The van der Waals surface area contributed by atoms with Crippen LogP contribution in [0.4, 0.5) is 5.69 Å². The SMILES string of the molecule is CC.CNCCCCCCCCCCN(N)/C=C(\N)COc1c(O)ccc2c(=O)cc(-c3ccccc3)oc12.CO.N/C1=C/c2ccccc2CN(C(=O)CCC(=O)NCCCCCCOP(O)(O)=S)c2ccccc21. The van der Waals surface area contributed by atoms with Gasteiger partial charge in [0, 0.05) is 62.1 Å². The first kappa shape index (κ1) is 64.2. The minimum atomic E-state index is -3.57. The number of nitrogens with one attached hydrogen (secondary N) is 2. The maximum atomic E-state index is 13.2. The number of fused-ring (bicyclic) bond motifs is 3. The maximum absolute atomic E-state index is 13.2. The van der Waals surface area contributed by atoms with Crippen molar-refractivity contribution in [2.45, 2.75) is 110 Å². The number of nitrogens with two attached hydrogens (primary N) is 3. The summed E-state index contributed by atoms with van der Waals surface area (Å²) in [4.78, 5) is 57.9. The number of para-hydroxylation sites is 1. The number of aliphatic hydroxyl groups excluding tert-OH is 1. The van der Waals surface area contributed by atoms with Gasteiger partial charge >= 0.3 is 6.72 Å². The summed E-state index contributed by atoms with van der Waals surface area (Å²) in [5.41, 5.74) is 17.7. The van der Waals surface area contributed by atoms with E-state index in [-0.39, 0.29) is 60.4 Å². The van der Waals surface area contributed by atoms with E-state index in [2.05, 4.69) is 22.4 Å². The molecule has 1 aliphatic heterocycles. The normalized spacial score (nSPS) is 12.6. The van der Waals surface area contributed by atoms with E-state index in [1.165, 1.54) is 56.7 Å². The molecule has 0 fully saturated rings. The van der Waals surface area contributed by atoms with Gasteiger partial charge in [-0.25, -0.2) is 5.84 Å². The molecule has 2 amide bonds.